The van der Waals surface area contributed by atoms with Crippen molar-refractivity contribution in [1.29, 1.82) is 0 Å². The number of likely N-dealkylation sites (tertiary alicyclic amines) is 1. The number of carbonyl (C=O) groups is 3. The number of imide groups is 1. The summed E-state index contributed by atoms with van der Waals surface area (Å²) in [4.78, 5) is 43.9. The second-order valence-corrected chi connectivity index (χ2v) is 10.5. The Bertz CT molecular complexity index is 1320. The Kier molecular flexibility index (Phi) is 6.96. The minimum absolute atomic E-state index is 0.0130. The van der Waals surface area contributed by atoms with Gasteiger partial charge in [0, 0.05) is 25.6 Å². The average Bonchev–Trinajstić information content (AvgIpc) is 3.25. The van der Waals surface area contributed by atoms with Crippen LogP contribution in [0.2, 0.25) is 0 Å². The van der Waals surface area contributed by atoms with Gasteiger partial charge in [0.05, 0.1) is 24.2 Å². The molecule has 2 aromatic carbocycles. The number of nitrogens with zero attached hydrogens (tertiary/aromatic N) is 3. The van der Waals surface area contributed by atoms with Crippen molar-refractivity contribution in [2.24, 2.45) is 0 Å². The molecule has 1 aliphatic carbocycles. The summed E-state index contributed by atoms with van der Waals surface area (Å²) in [6.07, 6.45) is 5.37. The number of H-pyrrole nitrogens is 1. The summed E-state index contributed by atoms with van der Waals surface area (Å²) in [6.45, 7) is 2.52. The van der Waals surface area contributed by atoms with Crippen LogP contribution < -0.4 is 0 Å². The summed E-state index contributed by atoms with van der Waals surface area (Å²) in [5.74, 6) is -0.715. The molecule has 192 valence electrons. The van der Waals surface area contributed by atoms with Crippen LogP contribution >= 0.6 is 0 Å². The van der Waals surface area contributed by atoms with E-state index in [2.05, 4.69) is 10.2 Å². The van der Waals surface area contributed by atoms with E-state index in [9.17, 15) is 14.4 Å². The fourth-order valence-electron chi connectivity index (χ4n) is 5.84. The van der Waals surface area contributed by atoms with E-state index in [0.717, 1.165) is 48.1 Å². The van der Waals surface area contributed by atoms with Crippen LogP contribution in [0.15, 0.2) is 54.6 Å². The van der Waals surface area contributed by atoms with E-state index < -0.39 is 5.41 Å². The molecule has 0 radical (unpaired) electrons. The molecule has 5 rings (SSSR count). The third-order valence-corrected chi connectivity index (χ3v) is 7.91. The standard InChI is InChI=1S/C30H34N4O3/c1-21-11-9-10-15-24(21)30(18-28(36)34(29(30)37)19-22-12-5-3-6-13-22)17-27(35)33(2)20-26-23-14-7-4-8-16-25(23)31-32-26/h3,5-6,9-13,15H,4,7-8,14,16-20H2,1-2H3,(H,31,32)/t30-/m1/s1. The molecule has 1 fully saturated rings. The molecule has 7 heteroatoms. The van der Waals surface area contributed by atoms with Gasteiger partial charge in [0.1, 0.15) is 0 Å². The van der Waals surface area contributed by atoms with E-state index in [1.54, 1.807) is 11.9 Å². The molecule has 2 aliphatic rings. The van der Waals surface area contributed by atoms with Gasteiger partial charge < -0.3 is 4.90 Å². The molecule has 1 aliphatic heterocycles. The number of benzene rings is 2. The lowest BCUT2D eigenvalue weighted by Gasteiger charge is -2.30. The van der Waals surface area contributed by atoms with E-state index in [1.807, 2.05) is 61.5 Å². The molecule has 0 spiro atoms. The third-order valence-electron chi connectivity index (χ3n) is 7.91. The Morgan fingerprint density at radius 1 is 1.03 bits per heavy atom. The van der Waals surface area contributed by atoms with Crippen molar-refractivity contribution < 1.29 is 14.4 Å². The van der Waals surface area contributed by atoms with Gasteiger partial charge in [-0.2, -0.15) is 5.10 Å². The maximum Gasteiger partial charge on any atom is 0.241 e. The first-order chi connectivity index (χ1) is 17.9. The Labute approximate surface area is 217 Å². The molecule has 1 aromatic heterocycles. The van der Waals surface area contributed by atoms with Crippen molar-refractivity contribution in [3.05, 3.63) is 88.2 Å². The lowest BCUT2D eigenvalue weighted by molar-refractivity contribution is -0.143. The van der Waals surface area contributed by atoms with Gasteiger partial charge in [-0.15, -0.1) is 0 Å². The van der Waals surface area contributed by atoms with Gasteiger partial charge in [0.2, 0.25) is 17.7 Å². The maximum atomic E-state index is 14.0. The highest BCUT2D eigenvalue weighted by atomic mass is 16.2. The van der Waals surface area contributed by atoms with E-state index in [1.165, 1.54) is 22.6 Å². The molecule has 37 heavy (non-hydrogen) atoms. The first-order valence-corrected chi connectivity index (χ1v) is 13.1. The van der Waals surface area contributed by atoms with Gasteiger partial charge in [-0.3, -0.25) is 24.4 Å². The molecule has 2 heterocycles. The molecule has 1 saturated heterocycles. The van der Waals surface area contributed by atoms with Crippen molar-refractivity contribution in [3.63, 3.8) is 0 Å². The summed E-state index contributed by atoms with van der Waals surface area (Å²) in [5, 5.41) is 7.69. The van der Waals surface area contributed by atoms with Crippen molar-refractivity contribution in [3.8, 4) is 0 Å². The average molecular weight is 499 g/mol. The fraction of sp³-hybridized carbons (Fsp3) is 0.400. The zero-order valence-corrected chi connectivity index (χ0v) is 21.6. The van der Waals surface area contributed by atoms with Gasteiger partial charge in [-0.1, -0.05) is 61.0 Å². The highest BCUT2D eigenvalue weighted by Crippen LogP contribution is 2.42. The zero-order valence-electron chi connectivity index (χ0n) is 21.6. The van der Waals surface area contributed by atoms with Crippen molar-refractivity contribution >= 4 is 17.7 Å². The number of carbonyl (C=O) groups excluding carboxylic acids is 3. The minimum Gasteiger partial charge on any atom is -0.340 e. The second-order valence-electron chi connectivity index (χ2n) is 10.5. The van der Waals surface area contributed by atoms with E-state index >= 15 is 0 Å². The molecule has 3 aromatic rings. The molecule has 1 N–H and O–H groups in total. The van der Waals surface area contributed by atoms with Crippen LogP contribution in [0.1, 0.15) is 65.7 Å². The summed E-state index contributed by atoms with van der Waals surface area (Å²) < 4.78 is 0. The summed E-state index contributed by atoms with van der Waals surface area (Å²) in [6, 6.07) is 17.1. The van der Waals surface area contributed by atoms with E-state index in [4.69, 9.17) is 0 Å². The Morgan fingerprint density at radius 3 is 2.54 bits per heavy atom. The van der Waals surface area contributed by atoms with Crippen LogP contribution in [0, 0.1) is 6.92 Å². The summed E-state index contributed by atoms with van der Waals surface area (Å²) >= 11 is 0. The topological polar surface area (TPSA) is 86.4 Å². The number of aryl methyl sites for hydroxylation is 2. The van der Waals surface area contributed by atoms with Gasteiger partial charge in [0.25, 0.3) is 0 Å². The zero-order chi connectivity index (χ0) is 26.0. The number of nitrogens with one attached hydrogen (secondary N) is 1. The lowest BCUT2D eigenvalue weighted by Crippen LogP contribution is -2.43. The van der Waals surface area contributed by atoms with Crippen LogP contribution in [0.25, 0.3) is 0 Å². The number of amides is 3. The quantitative estimate of drug-likeness (QED) is 0.390. The number of rotatable bonds is 7. The van der Waals surface area contributed by atoms with Crippen molar-refractivity contribution in [1.82, 2.24) is 20.0 Å². The molecule has 3 amide bonds. The molecular formula is C30H34N4O3. The Hall–Kier alpha value is -3.74. The van der Waals surface area contributed by atoms with Gasteiger partial charge in [-0.25, -0.2) is 0 Å². The van der Waals surface area contributed by atoms with Crippen LogP contribution in [-0.4, -0.2) is 44.8 Å². The molecular weight excluding hydrogens is 464 g/mol. The SMILES string of the molecule is Cc1ccccc1[C@@]1(CC(=O)N(C)Cc2n[nH]c3c2CCCCC3)CC(=O)N(Cc2ccccc2)C1=O. The number of fused-ring (bicyclic) bond motifs is 1. The molecule has 7 nitrogen and oxygen atoms in total. The molecule has 1 atom stereocenters. The Morgan fingerprint density at radius 2 is 1.76 bits per heavy atom. The van der Waals surface area contributed by atoms with Gasteiger partial charge in [0.15, 0.2) is 0 Å². The largest absolute Gasteiger partial charge is 0.340 e. The Balaban J connectivity index is 1.42. The molecule has 0 saturated carbocycles. The normalized spacial score (nSPS) is 19.6. The van der Waals surface area contributed by atoms with Crippen LogP contribution in [0.5, 0.6) is 0 Å². The summed E-state index contributed by atoms with van der Waals surface area (Å²) in [7, 11) is 1.76. The van der Waals surface area contributed by atoms with Crippen molar-refractivity contribution in [2.75, 3.05) is 7.05 Å². The predicted octanol–water partition coefficient (Wildman–Crippen LogP) is 4.23. The van der Waals surface area contributed by atoms with Crippen LogP contribution in [-0.2, 0) is 45.7 Å². The van der Waals surface area contributed by atoms with Gasteiger partial charge >= 0.3 is 0 Å². The number of aromatic amines is 1. The van der Waals surface area contributed by atoms with Crippen LogP contribution in [0.3, 0.4) is 0 Å². The highest BCUT2D eigenvalue weighted by molar-refractivity contribution is 6.10. The van der Waals surface area contributed by atoms with E-state index in [0.29, 0.717) is 6.54 Å². The fourth-order valence-corrected chi connectivity index (χ4v) is 5.84. The van der Waals surface area contributed by atoms with Crippen LogP contribution in [0.4, 0.5) is 0 Å². The second kappa shape index (κ2) is 10.3. The minimum atomic E-state index is -1.22. The number of hydrogen-bond donors (Lipinski definition) is 1. The maximum absolute atomic E-state index is 14.0. The molecule has 0 unspecified atom stereocenters. The predicted molar refractivity (Wildman–Crippen MR) is 140 cm³/mol. The smallest absolute Gasteiger partial charge is 0.241 e. The first-order valence-electron chi connectivity index (χ1n) is 13.1. The third kappa shape index (κ3) is 4.82. The lowest BCUT2D eigenvalue weighted by atomic mass is 9.74. The van der Waals surface area contributed by atoms with Gasteiger partial charge in [-0.05, 0) is 54.9 Å². The molecule has 0 bridgehead atoms. The number of aromatic nitrogens is 2. The highest BCUT2D eigenvalue weighted by Gasteiger charge is 2.54. The summed E-state index contributed by atoms with van der Waals surface area (Å²) in [5.41, 5.74) is 4.62. The van der Waals surface area contributed by atoms with Crippen molar-refractivity contribution in [2.45, 2.75) is 70.4 Å². The monoisotopic (exact) mass is 498 g/mol. The first kappa shape index (κ1) is 24.9. The number of hydrogen-bond acceptors (Lipinski definition) is 4. The van der Waals surface area contributed by atoms with E-state index in [-0.39, 0.29) is 37.1 Å².